The molecule has 183 valence electrons. The highest BCUT2D eigenvalue weighted by molar-refractivity contribution is 6.35. The highest BCUT2D eigenvalue weighted by Crippen LogP contribution is 2.38. The van der Waals surface area contributed by atoms with Crippen molar-refractivity contribution in [2.75, 3.05) is 12.3 Å². The van der Waals surface area contributed by atoms with Crippen molar-refractivity contribution in [2.24, 2.45) is 0 Å². The molecule has 9 heteroatoms. The molecule has 3 N–H and O–H groups in total. The Morgan fingerprint density at radius 1 is 1.06 bits per heavy atom. The molecular formula is C27H24N3O6. The zero-order valence-corrected chi connectivity index (χ0v) is 19.6. The number of hydrogen-bond acceptors (Lipinski definition) is 7. The number of carboxylic acids is 1. The minimum atomic E-state index is -1.26. The first-order chi connectivity index (χ1) is 17.4. The number of carbonyl (C=O) groups excluding carboxylic acids is 2. The van der Waals surface area contributed by atoms with E-state index in [0.717, 1.165) is 16.8 Å². The number of nitrogen functional groups attached to an aromatic ring is 1. The van der Waals surface area contributed by atoms with Crippen LogP contribution in [0.1, 0.15) is 39.8 Å². The molecule has 9 nitrogen and oxygen atoms in total. The number of carbonyl (C=O) groups is 2. The minimum Gasteiger partial charge on any atom is -0.487 e. The van der Waals surface area contributed by atoms with Gasteiger partial charge < -0.3 is 20.3 Å². The lowest BCUT2D eigenvalue weighted by Gasteiger charge is -2.16. The van der Waals surface area contributed by atoms with Gasteiger partial charge in [0, 0.05) is 6.42 Å². The summed E-state index contributed by atoms with van der Waals surface area (Å²) in [7, 11) is 0. The summed E-state index contributed by atoms with van der Waals surface area (Å²) in [6.45, 7) is 0.996. The van der Waals surface area contributed by atoms with Crippen LogP contribution in [0.15, 0.2) is 60.7 Å². The summed E-state index contributed by atoms with van der Waals surface area (Å²) >= 11 is 0. The Balaban J connectivity index is 1.97. The number of nitrogens with zero attached hydrogens (tertiary/aromatic N) is 2. The van der Waals surface area contributed by atoms with Crippen molar-refractivity contribution in [3.05, 3.63) is 88.7 Å². The molecule has 0 aliphatic carbocycles. The molecule has 0 bridgehead atoms. The fraction of sp³-hybridized carbons (Fsp3) is 0.185. The van der Waals surface area contributed by atoms with Gasteiger partial charge in [0.2, 0.25) is 5.78 Å². The summed E-state index contributed by atoms with van der Waals surface area (Å²) in [5.74, 6) is -1.92. The highest BCUT2D eigenvalue weighted by Gasteiger charge is 2.29. The van der Waals surface area contributed by atoms with Crippen molar-refractivity contribution in [3.8, 4) is 11.5 Å². The van der Waals surface area contributed by atoms with E-state index in [1.54, 1.807) is 28.8 Å². The first-order valence-electron chi connectivity index (χ1n) is 11.3. The number of rotatable bonds is 11. The second-order valence-corrected chi connectivity index (χ2v) is 7.98. The Bertz CT molecular complexity index is 1410. The quantitative estimate of drug-likeness (QED) is 0.243. The average Bonchev–Trinajstić information content (AvgIpc) is 3.16. The van der Waals surface area contributed by atoms with Crippen molar-refractivity contribution in [2.45, 2.75) is 26.4 Å². The molecule has 36 heavy (non-hydrogen) atoms. The number of ether oxygens (including phenoxy) is 2. The molecule has 0 atom stereocenters. The van der Waals surface area contributed by atoms with E-state index < -0.39 is 18.4 Å². The summed E-state index contributed by atoms with van der Waals surface area (Å²) in [5.41, 5.74) is 9.43. The number of fused-ring (bicyclic) bond motifs is 1. The zero-order valence-electron chi connectivity index (χ0n) is 19.6. The number of carboxylic acid groups (broad SMARTS) is 1. The van der Waals surface area contributed by atoms with Gasteiger partial charge in [-0.3, -0.25) is 9.59 Å². The monoisotopic (exact) mass is 486 g/mol. The molecule has 1 radical (unpaired) electrons. The number of benzene rings is 2. The second-order valence-electron chi connectivity index (χ2n) is 7.98. The maximum Gasteiger partial charge on any atom is 0.341 e. The van der Waals surface area contributed by atoms with Crippen molar-refractivity contribution < 1.29 is 29.0 Å². The topological polar surface area (TPSA) is 133 Å². The van der Waals surface area contributed by atoms with E-state index in [2.05, 4.69) is 5.10 Å². The maximum atomic E-state index is 12.7. The molecule has 2 aromatic heterocycles. The normalized spacial score (nSPS) is 10.8. The second kappa shape index (κ2) is 10.7. The molecule has 0 saturated heterocycles. The van der Waals surface area contributed by atoms with Crippen LogP contribution in [0.5, 0.6) is 11.5 Å². The molecule has 0 aliphatic heterocycles. The van der Waals surface area contributed by atoms with E-state index in [0.29, 0.717) is 24.3 Å². The Hall–Kier alpha value is -4.66. The van der Waals surface area contributed by atoms with Crippen LogP contribution in [0, 0.1) is 0 Å². The third kappa shape index (κ3) is 4.90. The predicted molar refractivity (Wildman–Crippen MR) is 132 cm³/mol. The van der Waals surface area contributed by atoms with E-state index in [1.807, 2.05) is 43.3 Å². The standard InChI is InChI=1S/C27H24N3O6/c1-2-19-21(13-17-9-5-3-6-10-17)30-26(25(19)28)27(36-16-23(33)34)24(22(32)14-31)20(29-30)15-35-18-11-7-4-8-12-18/h3-12H,2,13,15-16,28H2,1H3,(H,33,34). The van der Waals surface area contributed by atoms with Crippen LogP contribution in [0.4, 0.5) is 5.69 Å². The van der Waals surface area contributed by atoms with Crippen molar-refractivity contribution >= 4 is 29.2 Å². The third-order valence-corrected chi connectivity index (χ3v) is 5.69. The van der Waals surface area contributed by atoms with E-state index in [4.69, 9.17) is 15.2 Å². The molecule has 0 saturated carbocycles. The van der Waals surface area contributed by atoms with Gasteiger partial charge in [-0.2, -0.15) is 5.10 Å². The number of aliphatic carboxylic acids is 1. The van der Waals surface area contributed by atoms with E-state index in [-0.39, 0.29) is 29.1 Å². The Labute approximate surface area is 207 Å². The zero-order chi connectivity index (χ0) is 25.7. The molecule has 0 aliphatic rings. The lowest BCUT2D eigenvalue weighted by Crippen LogP contribution is -2.19. The Morgan fingerprint density at radius 3 is 2.33 bits per heavy atom. The molecule has 0 fully saturated rings. The van der Waals surface area contributed by atoms with Gasteiger partial charge in [0.05, 0.1) is 16.9 Å². The Kier molecular flexibility index (Phi) is 7.29. The van der Waals surface area contributed by atoms with Gasteiger partial charge in [-0.05, 0) is 29.7 Å². The first-order valence-corrected chi connectivity index (χ1v) is 11.3. The number of anilines is 1. The van der Waals surface area contributed by atoms with Crippen LogP contribution < -0.4 is 15.2 Å². The largest absolute Gasteiger partial charge is 0.487 e. The smallest absolute Gasteiger partial charge is 0.341 e. The molecule has 2 heterocycles. The number of para-hydroxylation sites is 1. The number of nitrogens with two attached hydrogens (primary N) is 1. The number of ketones is 1. The lowest BCUT2D eigenvalue weighted by molar-refractivity contribution is -0.139. The van der Waals surface area contributed by atoms with Crippen LogP contribution in [0.3, 0.4) is 0 Å². The van der Waals surface area contributed by atoms with Crippen LogP contribution in [0.25, 0.3) is 5.52 Å². The van der Waals surface area contributed by atoms with Crippen LogP contribution in [-0.4, -0.2) is 39.4 Å². The first kappa shape index (κ1) is 24.5. The van der Waals surface area contributed by atoms with E-state index in [1.165, 1.54) is 6.29 Å². The molecular weight excluding hydrogens is 462 g/mol. The van der Waals surface area contributed by atoms with E-state index in [9.17, 15) is 19.5 Å². The summed E-state index contributed by atoms with van der Waals surface area (Å²) in [5, 5.41) is 13.9. The molecule has 4 rings (SSSR count). The van der Waals surface area contributed by atoms with E-state index >= 15 is 0 Å². The summed E-state index contributed by atoms with van der Waals surface area (Å²) in [6.07, 6.45) is 2.37. The summed E-state index contributed by atoms with van der Waals surface area (Å²) in [4.78, 5) is 35.5. The molecule has 0 unspecified atom stereocenters. The van der Waals surface area contributed by atoms with Gasteiger partial charge in [0.25, 0.3) is 6.29 Å². The van der Waals surface area contributed by atoms with Gasteiger partial charge in [-0.1, -0.05) is 55.5 Å². The lowest BCUT2D eigenvalue weighted by atomic mass is 10.0. The van der Waals surface area contributed by atoms with Gasteiger partial charge in [-0.15, -0.1) is 0 Å². The van der Waals surface area contributed by atoms with Crippen molar-refractivity contribution in [1.29, 1.82) is 0 Å². The predicted octanol–water partition coefficient (Wildman–Crippen LogP) is 3.40. The number of aromatic nitrogens is 2. The SMILES string of the molecule is CCc1c(N)c2c(OCC(=O)O)c(C(=O)[C]=O)c(COc3ccccc3)nn2c1Cc1ccccc1. The highest BCUT2D eigenvalue weighted by atomic mass is 16.5. The fourth-order valence-corrected chi connectivity index (χ4v) is 4.12. The number of Topliss-reactive ketones (excluding diaryl/α,β-unsaturated/α-hetero) is 1. The third-order valence-electron chi connectivity index (χ3n) is 5.69. The van der Waals surface area contributed by atoms with Crippen LogP contribution in [0.2, 0.25) is 0 Å². The van der Waals surface area contributed by atoms with Gasteiger partial charge in [0.1, 0.15) is 23.6 Å². The fourth-order valence-electron chi connectivity index (χ4n) is 4.12. The molecule has 0 amide bonds. The van der Waals surface area contributed by atoms with Gasteiger partial charge in [-0.25, -0.2) is 9.31 Å². The van der Waals surface area contributed by atoms with Gasteiger partial charge in [0.15, 0.2) is 12.4 Å². The number of hydrogen-bond donors (Lipinski definition) is 2. The molecule has 2 aromatic carbocycles. The maximum absolute atomic E-state index is 12.7. The van der Waals surface area contributed by atoms with Crippen LogP contribution in [-0.2, 0) is 29.0 Å². The van der Waals surface area contributed by atoms with Crippen molar-refractivity contribution in [3.63, 3.8) is 0 Å². The van der Waals surface area contributed by atoms with Crippen LogP contribution >= 0.6 is 0 Å². The van der Waals surface area contributed by atoms with Gasteiger partial charge >= 0.3 is 5.97 Å². The minimum absolute atomic E-state index is 0.0899. The molecule has 4 aromatic rings. The van der Waals surface area contributed by atoms with Crippen molar-refractivity contribution in [1.82, 2.24) is 9.61 Å². The summed E-state index contributed by atoms with van der Waals surface area (Å²) in [6, 6.07) is 18.6. The summed E-state index contributed by atoms with van der Waals surface area (Å²) < 4.78 is 13.0. The Morgan fingerprint density at radius 2 is 1.72 bits per heavy atom. The molecule has 0 spiro atoms. The average molecular weight is 487 g/mol.